The van der Waals surface area contributed by atoms with Crippen LogP contribution in [0.4, 0.5) is 0 Å². The Morgan fingerprint density at radius 3 is 2.75 bits per heavy atom. The monoisotopic (exact) mass is 224 g/mol. The zero-order valence-corrected chi connectivity index (χ0v) is 9.78. The van der Waals surface area contributed by atoms with Crippen LogP contribution in [0.3, 0.4) is 0 Å². The minimum absolute atomic E-state index is 0.311. The minimum Gasteiger partial charge on any atom is -0.477 e. The van der Waals surface area contributed by atoms with Crippen LogP contribution in [0.5, 0.6) is 0 Å². The lowest BCUT2D eigenvalue weighted by Crippen LogP contribution is -2.27. The predicted molar refractivity (Wildman–Crippen MR) is 57.5 cm³/mol. The lowest BCUT2D eigenvalue weighted by atomic mass is 10.1. The van der Waals surface area contributed by atoms with Crippen LogP contribution < -0.4 is 0 Å². The summed E-state index contributed by atoms with van der Waals surface area (Å²) < 4.78 is 6.88. The SMILES string of the molecule is CC(C)(C)n1nc2c(c1C(=O)O)CCOC2. The molecule has 0 saturated heterocycles. The second kappa shape index (κ2) is 3.59. The second-order valence-corrected chi connectivity index (χ2v) is 4.96. The highest BCUT2D eigenvalue weighted by Gasteiger charge is 2.30. The molecule has 0 aromatic carbocycles. The molecule has 88 valence electrons. The quantitative estimate of drug-likeness (QED) is 0.783. The number of aromatic carboxylic acids is 1. The summed E-state index contributed by atoms with van der Waals surface area (Å²) in [6.07, 6.45) is 0.632. The number of carboxylic acid groups (broad SMARTS) is 1. The van der Waals surface area contributed by atoms with E-state index in [1.165, 1.54) is 0 Å². The van der Waals surface area contributed by atoms with Crippen LogP contribution in [0.25, 0.3) is 0 Å². The largest absolute Gasteiger partial charge is 0.477 e. The smallest absolute Gasteiger partial charge is 0.354 e. The Kier molecular flexibility index (Phi) is 2.50. The van der Waals surface area contributed by atoms with Gasteiger partial charge in [0.2, 0.25) is 0 Å². The zero-order valence-electron chi connectivity index (χ0n) is 9.78. The van der Waals surface area contributed by atoms with Crippen molar-refractivity contribution in [1.82, 2.24) is 9.78 Å². The van der Waals surface area contributed by atoms with Gasteiger partial charge in [-0.05, 0) is 20.8 Å². The molecule has 0 radical (unpaired) electrons. The zero-order chi connectivity index (χ0) is 11.9. The van der Waals surface area contributed by atoms with Crippen LogP contribution in [0.15, 0.2) is 0 Å². The number of hydrogen-bond donors (Lipinski definition) is 1. The third kappa shape index (κ3) is 1.71. The maximum atomic E-state index is 11.3. The molecule has 2 heterocycles. The summed E-state index contributed by atoms with van der Waals surface area (Å²) in [5.74, 6) is -0.912. The number of fused-ring (bicyclic) bond motifs is 1. The summed E-state index contributed by atoms with van der Waals surface area (Å²) in [4.78, 5) is 11.3. The summed E-state index contributed by atoms with van der Waals surface area (Å²) in [6.45, 7) is 6.82. The second-order valence-electron chi connectivity index (χ2n) is 4.96. The van der Waals surface area contributed by atoms with Crippen LogP contribution in [0, 0.1) is 0 Å². The van der Waals surface area contributed by atoms with Gasteiger partial charge >= 0.3 is 5.97 Å². The van der Waals surface area contributed by atoms with Gasteiger partial charge in [0.25, 0.3) is 0 Å². The molecule has 0 bridgehead atoms. The highest BCUT2D eigenvalue weighted by atomic mass is 16.5. The Hall–Kier alpha value is -1.36. The fourth-order valence-electron chi connectivity index (χ4n) is 1.92. The number of carbonyl (C=O) groups is 1. The molecule has 2 rings (SSSR count). The van der Waals surface area contributed by atoms with Crippen molar-refractivity contribution in [3.63, 3.8) is 0 Å². The first kappa shape index (κ1) is 11.1. The van der Waals surface area contributed by atoms with E-state index in [0.717, 1.165) is 11.3 Å². The van der Waals surface area contributed by atoms with Crippen molar-refractivity contribution >= 4 is 5.97 Å². The van der Waals surface area contributed by atoms with Gasteiger partial charge in [-0.15, -0.1) is 0 Å². The first-order valence-electron chi connectivity index (χ1n) is 5.33. The van der Waals surface area contributed by atoms with E-state index < -0.39 is 5.97 Å². The molecule has 0 amide bonds. The third-order valence-corrected chi connectivity index (χ3v) is 2.64. The van der Waals surface area contributed by atoms with Crippen molar-refractivity contribution in [3.8, 4) is 0 Å². The number of ether oxygens (including phenoxy) is 1. The minimum atomic E-state index is -0.912. The van der Waals surface area contributed by atoms with E-state index in [1.807, 2.05) is 20.8 Å². The predicted octanol–water partition coefficient (Wildman–Crippen LogP) is 1.41. The van der Waals surface area contributed by atoms with Gasteiger partial charge in [0.1, 0.15) is 0 Å². The van der Waals surface area contributed by atoms with Gasteiger partial charge < -0.3 is 9.84 Å². The molecule has 0 spiro atoms. The Labute approximate surface area is 94.0 Å². The lowest BCUT2D eigenvalue weighted by Gasteiger charge is -2.21. The van der Waals surface area contributed by atoms with E-state index >= 15 is 0 Å². The van der Waals surface area contributed by atoms with Gasteiger partial charge in [-0.2, -0.15) is 5.10 Å². The molecule has 16 heavy (non-hydrogen) atoms. The van der Waals surface area contributed by atoms with E-state index in [0.29, 0.717) is 25.3 Å². The highest BCUT2D eigenvalue weighted by Crippen LogP contribution is 2.25. The van der Waals surface area contributed by atoms with Crippen LogP contribution in [0.1, 0.15) is 42.5 Å². The van der Waals surface area contributed by atoms with Crippen LogP contribution in [-0.4, -0.2) is 27.5 Å². The Balaban J connectivity index is 2.61. The number of aromatic nitrogens is 2. The number of nitrogens with zero attached hydrogens (tertiary/aromatic N) is 2. The van der Waals surface area contributed by atoms with Gasteiger partial charge in [-0.3, -0.25) is 4.68 Å². The topological polar surface area (TPSA) is 64.4 Å². The van der Waals surface area contributed by atoms with E-state index in [4.69, 9.17) is 4.74 Å². The highest BCUT2D eigenvalue weighted by molar-refractivity contribution is 5.88. The maximum Gasteiger partial charge on any atom is 0.354 e. The molecule has 0 fully saturated rings. The normalized spacial score (nSPS) is 15.9. The third-order valence-electron chi connectivity index (χ3n) is 2.64. The molecule has 5 heteroatoms. The lowest BCUT2D eigenvalue weighted by molar-refractivity contribution is 0.0672. The van der Waals surface area contributed by atoms with E-state index in [9.17, 15) is 9.90 Å². The van der Waals surface area contributed by atoms with Gasteiger partial charge in [-0.1, -0.05) is 0 Å². The molecule has 5 nitrogen and oxygen atoms in total. The molecule has 1 aromatic rings. The molecule has 1 aliphatic heterocycles. The van der Waals surface area contributed by atoms with Crippen LogP contribution >= 0.6 is 0 Å². The fourth-order valence-corrected chi connectivity index (χ4v) is 1.92. The molecular weight excluding hydrogens is 208 g/mol. The van der Waals surface area contributed by atoms with E-state index in [2.05, 4.69) is 5.10 Å². The number of hydrogen-bond acceptors (Lipinski definition) is 3. The van der Waals surface area contributed by atoms with Crippen molar-refractivity contribution in [3.05, 3.63) is 17.0 Å². The van der Waals surface area contributed by atoms with Crippen molar-refractivity contribution in [2.24, 2.45) is 0 Å². The molecule has 0 saturated carbocycles. The Morgan fingerprint density at radius 1 is 1.50 bits per heavy atom. The standard InChI is InChI=1S/C11H16N2O3/c1-11(2,3)13-9(10(14)15)7-4-5-16-6-8(7)12-13/h4-6H2,1-3H3,(H,14,15). The summed E-state index contributed by atoms with van der Waals surface area (Å²) in [5, 5.41) is 13.6. The number of carboxylic acids is 1. The first-order chi connectivity index (χ1) is 7.41. The molecule has 1 N–H and O–H groups in total. The summed E-state index contributed by atoms with van der Waals surface area (Å²) >= 11 is 0. The fraction of sp³-hybridized carbons (Fsp3) is 0.636. The number of rotatable bonds is 1. The molecule has 0 unspecified atom stereocenters. The Bertz CT molecular complexity index is 429. The average Bonchev–Trinajstić information content (AvgIpc) is 2.55. The summed E-state index contributed by atoms with van der Waals surface area (Å²) in [7, 11) is 0. The first-order valence-corrected chi connectivity index (χ1v) is 5.33. The van der Waals surface area contributed by atoms with Gasteiger partial charge in [0.15, 0.2) is 5.69 Å². The van der Waals surface area contributed by atoms with Gasteiger partial charge in [0.05, 0.1) is 24.4 Å². The van der Waals surface area contributed by atoms with Crippen molar-refractivity contribution in [2.45, 2.75) is 39.3 Å². The molecular formula is C11H16N2O3. The van der Waals surface area contributed by atoms with Crippen molar-refractivity contribution in [2.75, 3.05) is 6.61 Å². The Morgan fingerprint density at radius 2 is 2.19 bits per heavy atom. The van der Waals surface area contributed by atoms with E-state index in [-0.39, 0.29) is 5.54 Å². The van der Waals surface area contributed by atoms with Crippen molar-refractivity contribution in [1.29, 1.82) is 0 Å². The van der Waals surface area contributed by atoms with Gasteiger partial charge in [0, 0.05) is 12.0 Å². The van der Waals surface area contributed by atoms with Crippen LogP contribution in [-0.2, 0) is 23.3 Å². The van der Waals surface area contributed by atoms with Crippen LogP contribution in [0.2, 0.25) is 0 Å². The van der Waals surface area contributed by atoms with Crippen molar-refractivity contribution < 1.29 is 14.6 Å². The van der Waals surface area contributed by atoms with E-state index in [1.54, 1.807) is 4.68 Å². The summed E-state index contributed by atoms with van der Waals surface area (Å²) in [5.41, 5.74) is 1.57. The summed E-state index contributed by atoms with van der Waals surface area (Å²) in [6, 6.07) is 0. The molecule has 0 aliphatic carbocycles. The molecule has 1 aromatic heterocycles. The molecule has 0 atom stereocenters. The maximum absolute atomic E-state index is 11.3. The average molecular weight is 224 g/mol. The van der Waals surface area contributed by atoms with Gasteiger partial charge in [-0.25, -0.2) is 4.79 Å². The molecule has 1 aliphatic rings.